The Morgan fingerprint density at radius 1 is 0.897 bits per heavy atom. The van der Waals surface area contributed by atoms with Crippen LogP contribution in [0.15, 0.2) is 54.9 Å². The molecule has 1 unspecified atom stereocenters. The quantitative estimate of drug-likeness (QED) is 0.728. The zero-order chi connectivity index (χ0) is 19.2. The second kappa shape index (κ2) is 6.74. The molecule has 0 radical (unpaired) electrons. The molecular weight excluding hydrogens is 362 g/mol. The lowest BCUT2D eigenvalue weighted by Gasteiger charge is -2.31. The van der Waals surface area contributed by atoms with Crippen LogP contribution in [0.2, 0.25) is 0 Å². The predicted molar refractivity (Wildman–Crippen MR) is 114 cm³/mol. The van der Waals surface area contributed by atoms with Crippen LogP contribution in [0.1, 0.15) is 22.7 Å². The first-order valence-corrected chi connectivity index (χ1v) is 10.3. The van der Waals surface area contributed by atoms with Gasteiger partial charge in [-0.25, -0.2) is 9.97 Å². The van der Waals surface area contributed by atoms with E-state index in [-0.39, 0.29) is 6.04 Å². The van der Waals surface area contributed by atoms with Crippen LogP contribution >= 0.6 is 0 Å². The van der Waals surface area contributed by atoms with Gasteiger partial charge in [-0.3, -0.25) is 0 Å². The Morgan fingerprint density at radius 2 is 1.72 bits per heavy atom. The van der Waals surface area contributed by atoms with Crippen LogP contribution in [0.4, 0.5) is 23.0 Å². The highest BCUT2D eigenvalue weighted by molar-refractivity contribution is 5.88. The summed E-state index contributed by atoms with van der Waals surface area (Å²) in [6, 6.07) is 17.4. The Kier molecular flexibility index (Phi) is 3.90. The second-order valence-electron chi connectivity index (χ2n) is 7.74. The topological polar surface area (TPSA) is 53.5 Å². The van der Waals surface area contributed by atoms with Crippen LogP contribution in [0.3, 0.4) is 0 Å². The molecule has 2 aromatic carbocycles. The molecule has 146 valence electrons. The van der Waals surface area contributed by atoms with Gasteiger partial charge in [0.1, 0.15) is 12.0 Å². The summed E-state index contributed by atoms with van der Waals surface area (Å²) < 4.78 is 5.57. The Labute approximate surface area is 170 Å². The van der Waals surface area contributed by atoms with Crippen molar-refractivity contribution >= 4 is 23.0 Å². The molecule has 29 heavy (non-hydrogen) atoms. The smallest absolute Gasteiger partial charge is 0.162 e. The average Bonchev–Trinajstić information content (AvgIpc) is 3.16. The first-order chi connectivity index (χ1) is 14.4. The van der Waals surface area contributed by atoms with Gasteiger partial charge >= 0.3 is 0 Å². The predicted octanol–water partition coefficient (Wildman–Crippen LogP) is 3.52. The number of fused-ring (bicyclic) bond motifs is 2. The van der Waals surface area contributed by atoms with Gasteiger partial charge in [0.05, 0.1) is 24.9 Å². The highest BCUT2D eigenvalue weighted by atomic mass is 16.5. The average molecular weight is 385 g/mol. The van der Waals surface area contributed by atoms with Crippen LogP contribution in [0.25, 0.3) is 0 Å². The minimum Gasteiger partial charge on any atom is -0.378 e. The van der Waals surface area contributed by atoms with Crippen molar-refractivity contribution in [1.82, 2.24) is 9.97 Å². The number of hydrogen-bond donors (Lipinski definition) is 1. The molecule has 6 rings (SSSR count). The number of aromatic nitrogens is 2. The number of nitrogens with one attached hydrogen (secondary N) is 1. The van der Waals surface area contributed by atoms with Crippen LogP contribution < -0.4 is 15.1 Å². The Balaban J connectivity index is 1.56. The summed E-state index contributed by atoms with van der Waals surface area (Å²) in [5.74, 6) is 1.95. The molecule has 1 atom stereocenters. The molecule has 0 aliphatic carbocycles. The highest BCUT2D eigenvalue weighted by Crippen LogP contribution is 2.49. The van der Waals surface area contributed by atoms with Gasteiger partial charge in [-0.05, 0) is 17.5 Å². The molecule has 1 N–H and O–H groups in total. The third kappa shape index (κ3) is 2.67. The molecule has 6 nitrogen and oxygen atoms in total. The number of hydrogen-bond acceptors (Lipinski definition) is 6. The van der Waals surface area contributed by atoms with E-state index in [1.54, 1.807) is 6.33 Å². The lowest BCUT2D eigenvalue weighted by molar-refractivity contribution is 0.122. The van der Waals surface area contributed by atoms with Crippen LogP contribution in [0, 0.1) is 0 Å². The molecule has 3 aromatic rings. The van der Waals surface area contributed by atoms with Crippen molar-refractivity contribution < 1.29 is 4.74 Å². The van der Waals surface area contributed by atoms with Crippen LogP contribution in [-0.2, 0) is 11.2 Å². The van der Waals surface area contributed by atoms with Crippen molar-refractivity contribution in [3.63, 3.8) is 0 Å². The van der Waals surface area contributed by atoms with Gasteiger partial charge in [0, 0.05) is 25.2 Å². The minimum atomic E-state index is 0.0544. The van der Waals surface area contributed by atoms with Gasteiger partial charge in [0.25, 0.3) is 0 Å². The Morgan fingerprint density at radius 3 is 2.59 bits per heavy atom. The minimum absolute atomic E-state index is 0.0544. The summed E-state index contributed by atoms with van der Waals surface area (Å²) in [4.78, 5) is 14.1. The fourth-order valence-electron chi connectivity index (χ4n) is 4.78. The zero-order valence-corrected chi connectivity index (χ0v) is 16.2. The normalized spacial score (nSPS) is 19.9. The SMILES string of the molecule is c1ccc(C2Nc3c(N4CCOCC4)ncnc3N3CCc4cccc2c43)cc1. The largest absolute Gasteiger partial charge is 0.378 e. The van der Waals surface area contributed by atoms with Gasteiger partial charge in [-0.15, -0.1) is 0 Å². The zero-order valence-electron chi connectivity index (χ0n) is 16.2. The van der Waals surface area contributed by atoms with Crippen molar-refractivity contribution in [3.05, 3.63) is 71.5 Å². The molecule has 0 saturated carbocycles. The number of benzene rings is 2. The van der Waals surface area contributed by atoms with E-state index in [4.69, 9.17) is 14.7 Å². The number of ether oxygens (including phenoxy) is 1. The number of rotatable bonds is 2. The number of nitrogens with zero attached hydrogens (tertiary/aromatic N) is 4. The van der Waals surface area contributed by atoms with E-state index in [1.165, 1.54) is 22.4 Å². The molecule has 0 spiro atoms. The first kappa shape index (κ1) is 16.8. The molecule has 4 heterocycles. The van der Waals surface area contributed by atoms with Gasteiger partial charge in [-0.1, -0.05) is 48.5 Å². The maximum absolute atomic E-state index is 5.57. The van der Waals surface area contributed by atoms with Gasteiger partial charge in [0.2, 0.25) is 0 Å². The van der Waals surface area contributed by atoms with Crippen molar-refractivity contribution in [1.29, 1.82) is 0 Å². The summed E-state index contributed by atoms with van der Waals surface area (Å²) in [6.07, 6.45) is 2.75. The third-order valence-corrected chi connectivity index (χ3v) is 6.13. The molecular formula is C23H23N5O. The number of morpholine rings is 1. The summed E-state index contributed by atoms with van der Waals surface area (Å²) >= 11 is 0. The van der Waals surface area contributed by atoms with E-state index >= 15 is 0 Å². The summed E-state index contributed by atoms with van der Waals surface area (Å²) in [6.45, 7) is 4.10. The molecule has 1 aromatic heterocycles. The lowest BCUT2D eigenvalue weighted by atomic mass is 9.95. The van der Waals surface area contributed by atoms with E-state index in [9.17, 15) is 0 Å². The van der Waals surface area contributed by atoms with E-state index in [0.717, 1.165) is 56.6 Å². The molecule has 6 heteroatoms. The van der Waals surface area contributed by atoms with E-state index in [0.29, 0.717) is 0 Å². The molecule has 0 amide bonds. The molecule has 1 saturated heterocycles. The van der Waals surface area contributed by atoms with Crippen LogP contribution in [-0.4, -0.2) is 42.8 Å². The fourth-order valence-corrected chi connectivity index (χ4v) is 4.78. The van der Waals surface area contributed by atoms with E-state index in [2.05, 4.69) is 63.6 Å². The Bertz CT molecular complexity index is 1050. The van der Waals surface area contributed by atoms with E-state index in [1.807, 2.05) is 0 Å². The standard InChI is InChI=1S/C23H23N5O/c1-2-5-16(6-3-1)19-18-8-4-7-17-9-10-28(21(17)18)23-20(26-19)22(24-15-25-23)27-11-13-29-14-12-27/h1-8,15,19,26H,9-14H2. The fraction of sp³-hybridized carbons (Fsp3) is 0.304. The third-order valence-electron chi connectivity index (χ3n) is 6.13. The lowest BCUT2D eigenvalue weighted by Crippen LogP contribution is -2.37. The van der Waals surface area contributed by atoms with Crippen LogP contribution in [0.5, 0.6) is 0 Å². The molecule has 0 bridgehead atoms. The van der Waals surface area contributed by atoms with Crippen molar-refractivity contribution in [3.8, 4) is 0 Å². The van der Waals surface area contributed by atoms with Gasteiger partial charge < -0.3 is 19.9 Å². The summed E-state index contributed by atoms with van der Waals surface area (Å²) in [7, 11) is 0. The van der Waals surface area contributed by atoms with Crippen molar-refractivity contribution in [2.75, 3.05) is 48.0 Å². The van der Waals surface area contributed by atoms with Gasteiger partial charge in [0.15, 0.2) is 11.6 Å². The number of para-hydroxylation sites is 1. The monoisotopic (exact) mass is 385 g/mol. The molecule has 3 aliphatic rings. The summed E-state index contributed by atoms with van der Waals surface area (Å²) in [5, 5.41) is 3.84. The second-order valence-corrected chi connectivity index (χ2v) is 7.74. The maximum Gasteiger partial charge on any atom is 0.162 e. The van der Waals surface area contributed by atoms with E-state index < -0.39 is 0 Å². The first-order valence-electron chi connectivity index (χ1n) is 10.3. The number of anilines is 4. The van der Waals surface area contributed by atoms with Gasteiger partial charge in [-0.2, -0.15) is 0 Å². The summed E-state index contributed by atoms with van der Waals surface area (Å²) in [5.41, 5.74) is 6.27. The van der Waals surface area contributed by atoms with Crippen molar-refractivity contribution in [2.45, 2.75) is 12.5 Å². The highest BCUT2D eigenvalue weighted by Gasteiger charge is 2.35. The van der Waals surface area contributed by atoms with Crippen molar-refractivity contribution in [2.24, 2.45) is 0 Å². The maximum atomic E-state index is 5.57. The molecule has 1 fully saturated rings. The molecule has 3 aliphatic heterocycles. The Hall–Kier alpha value is -3.12.